The van der Waals surface area contributed by atoms with Gasteiger partial charge < -0.3 is 10.6 Å². The van der Waals surface area contributed by atoms with Gasteiger partial charge in [-0.1, -0.05) is 32.0 Å². The van der Waals surface area contributed by atoms with E-state index in [1.807, 2.05) is 6.07 Å². The van der Waals surface area contributed by atoms with Crippen LogP contribution < -0.4 is 16.0 Å². The second kappa shape index (κ2) is 10.1. The van der Waals surface area contributed by atoms with E-state index in [9.17, 15) is 4.79 Å². The number of carbonyl (C=O) groups is 1. The van der Waals surface area contributed by atoms with Gasteiger partial charge in [-0.2, -0.15) is 0 Å². The van der Waals surface area contributed by atoms with Gasteiger partial charge in [0.05, 0.1) is 0 Å². The molecule has 0 atom stereocenters. The molecule has 1 aromatic carbocycles. The average Bonchev–Trinajstić information content (AvgIpc) is 2.50. The molecular formula is C17H27ClN4O. The van der Waals surface area contributed by atoms with Crippen molar-refractivity contribution in [3.8, 4) is 0 Å². The third kappa shape index (κ3) is 5.75. The first kappa shape index (κ1) is 19.3. The van der Waals surface area contributed by atoms with Crippen molar-refractivity contribution in [2.75, 3.05) is 18.4 Å². The maximum Gasteiger partial charge on any atom is 0.326 e. The number of halogens is 1. The molecule has 128 valence electrons. The van der Waals surface area contributed by atoms with E-state index in [0.29, 0.717) is 5.96 Å². The Bertz CT molecular complexity index is 523. The predicted octanol–water partition coefficient (Wildman–Crippen LogP) is 3.48. The van der Waals surface area contributed by atoms with Crippen LogP contribution in [0, 0.1) is 0 Å². The first-order valence-electron chi connectivity index (χ1n) is 8.21. The second-order valence-electron chi connectivity index (χ2n) is 5.46. The van der Waals surface area contributed by atoms with Gasteiger partial charge in [0.25, 0.3) is 0 Å². The van der Waals surface area contributed by atoms with Crippen molar-refractivity contribution >= 4 is 30.1 Å². The molecule has 0 spiro atoms. The zero-order valence-corrected chi connectivity index (χ0v) is 14.8. The van der Waals surface area contributed by atoms with Crippen molar-refractivity contribution in [2.45, 2.75) is 46.0 Å². The number of nitrogens with one attached hydrogen (secondary N) is 3. The van der Waals surface area contributed by atoms with E-state index in [0.717, 1.165) is 55.6 Å². The van der Waals surface area contributed by atoms with Crippen LogP contribution in [0.2, 0.25) is 0 Å². The first-order chi connectivity index (χ1) is 10.7. The summed E-state index contributed by atoms with van der Waals surface area (Å²) in [5, 5.41) is 8.99. The fourth-order valence-corrected chi connectivity index (χ4v) is 2.61. The maximum absolute atomic E-state index is 12.3. The Kier molecular flexibility index (Phi) is 8.48. The molecule has 23 heavy (non-hydrogen) atoms. The molecule has 0 fully saturated rings. The molecule has 0 radical (unpaired) electrons. The van der Waals surface area contributed by atoms with Gasteiger partial charge in [0.15, 0.2) is 5.96 Å². The fraction of sp³-hybridized carbons (Fsp3) is 0.529. The largest absolute Gasteiger partial charge is 0.356 e. The minimum atomic E-state index is -0.234. The normalized spacial score (nSPS) is 14.4. The van der Waals surface area contributed by atoms with Crippen LogP contribution in [0.5, 0.6) is 0 Å². The summed E-state index contributed by atoms with van der Waals surface area (Å²) >= 11 is 0. The van der Waals surface area contributed by atoms with Gasteiger partial charge in [0.1, 0.15) is 0 Å². The number of urea groups is 1. The molecule has 3 N–H and O–H groups in total. The highest BCUT2D eigenvalue weighted by molar-refractivity contribution is 6.03. The smallest absolute Gasteiger partial charge is 0.326 e. The SMILES string of the molecule is CCc1cccc(CC)c1NC(=O)NC1=NCCCCCN1.Cl. The van der Waals surface area contributed by atoms with Crippen molar-refractivity contribution in [1.29, 1.82) is 0 Å². The number of aliphatic imine (C=N–C) groups is 1. The lowest BCUT2D eigenvalue weighted by Gasteiger charge is -2.17. The molecule has 2 rings (SSSR count). The van der Waals surface area contributed by atoms with Crippen LogP contribution in [0.4, 0.5) is 10.5 Å². The van der Waals surface area contributed by atoms with Crippen LogP contribution in [-0.2, 0) is 12.8 Å². The van der Waals surface area contributed by atoms with Gasteiger partial charge in [0, 0.05) is 18.8 Å². The highest BCUT2D eigenvalue weighted by Crippen LogP contribution is 2.22. The van der Waals surface area contributed by atoms with Gasteiger partial charge >= 0.3 is 6.03 Å². The summed E-state index contributed by atoms with van der Waals surface area (Å²) in [5.41, 5.74) is 3.24. The van der Waals surface area contributed by atoms with Crippen LogP contribution in [0.3, 0.4) is 0 Å². The Morgan fingerprint density at radius 2 is 1.83 bits per heavy atom. The Balaban J connectivity index is 0.00000264. The molecule has 0 saturated heterocycles. The number of hydrogen-bond donors (Lipinski definition) is 3. The lowest BCUT2D eigenvalue weighted by atomic mass is 10.0. The quantitative estimate of drug-likeness (QED) is 0.790. The lowest BCUT2D eigenvalue weighted by Crippen LogP contribution is -2.44. The van der Waals surface area contributed by atoms with Crippen molar-refractivity contribution < 1.29 is 4.79 Å². The van der Waals surface area contributed by atoms with Crippen LogP contribution >= 0.6 is 12.4 Å². The standard InChI is InChI=1S/C17H26N4O.ClH/c1-3-13-9-8-10-14(4-2)15(13)20-17(22)21-16-18-11-6-5-7-12-19-16;/h8-10H,3-7,11-12H2,1-2H3,(H3,18,19,20,21,22);1H. The number of nitrogens with zero attached hydrogens (tertiary/aromatic N) is 1. The summed E-state index contributed by atoms with van der Waals surface area (Å²) in [4.78, 5) is 16.7. The highest BCUT2D eigenvalue weighted by Gasteiger charge is 2.12. The van der Waals surface area contributed by atoms with Gasteiger partial charge in [-0.25, -0.2) is 4.79 Å². The number of amides is 2. The van der Waals surface area contributed by atoms with E-state index in [2.05, 4.69) is 46.9 Å². The minimum absolute atomic E-state index is 0. The molecule has 2 amide bonds. The van der Waals surface area contributed by atoms with E-state index in [1.54, 1.807) is 0 Å². The minimum Gasteiger partial charge on any atom is -0.356 e. The summed E-state index contributed by atoms with van der Waals surface area (Å²) in [6.07, 6.45) is 5.15. The molecule has 5 nitrogen and oxygen atoms in total. The molecule has 0 bridgehead atoms. The van der Waals surface area contributed by atoms with E-state index in [4.69, 9.17) is 0 Å². The number of hydrogen-bond acceptors (Lipinski definition) is 3. The van der Waals surface area contributed by atoms with Crippen LogP contribution in [-0.4, -0.2) is 25.1 Å². The topological polar surface area (TPSA) is 65.5 Å². The Morgan fingerprint density at radius 1 is 1.13 bits per heavy atom. The number of para-hydroxylation sites is 1. The molecular weight excluding hydrogens is 312 g/mol. The summed E-state index contributed by atoms with van der Waals surface area (Å²) in [5.74, 6) is 0.573. The molecule has 1 aliphatic heterocycles. The van der Waals surface area contributed by atoms with Gasteiger partial charge in [-0.05, 0) is 43.2 Å². The lowest BCUT2D eigenvalue weighted by molar-refractivity contribution is 0.255. The van der Waals surface area contributed by atoms with Crippen molar-refractivity contribution in [2.24, 2.45) is 4.99 Å². The molecule has 0 saturated carbocycles. The maximum atomic E-state index is 12.3. The number of benzene rings is 1. The van der Waals surface area contributed by atoms with Crippen LogP contribution in [0.1, 0.15) is 44.2 Å². The van der Waals surface area contributed by atoms with Crippen LogP contribution in [0.15, 0.2) is 23.2 Å². The van der Waals surface area contributed by atoms with Gasteiger partial charge in [0.2, 0.25) is 0 Å². The summed E-state index contributed by atoms with van der Waals surface area (Å²) < 4.78 is 0. The van der Waals surface area contributed by atoms with E-state index < -0.39 is 0 Å². The number of carbonyl (C=O) groups excluding carboxylic acids is 1. The Morgan fingerprint density at radius 3 is 2.48 bits per heavy atom. The first-order valence-corrected chi connectivity index (χ1v) is 8.21. The number of guanidine groups is 1. The average molecular weight is 339 g/mol. The van der Waals surface area contributed by atoms with Crippen molar-refractivity contribution in [1.82, 2.24) is 10.6 Å². The zero-order valence-electron chi connectivity index (χ0n) is 13.9. The Hall–Kier alpha value is -1.75. The molecule has 1 aliphatic rings. The third-order valence-corrected chi connectivity index (χ3v) is 3.87. The monoisotopic (exact) mass is 338 g/mol. The molecule has 6 heteroatoms. The molecule has 0 unspecified atom stereocenters. The van der Waals surface area contributed by atoms with Gasteiger partial charge in [-0.3, -0.25) is 10.3 Å². The number of anilines is 1. The number of aryl methyl sites for hydroxylation is 2. The zero-order chi connectivity index (χ0) is 15.8. The van der Waals surface area contributed by atoms with E-state index in [1.165, 1.54) is 6.42 Å². The fourth-order valence-electron chi connectivity index (χ4n) is 2.61. The predicted molar refractivity (Wildman–Crippen MR) is 98.8 cm³/mol. The van der Waals surface area contributed by atoms with E-state index in [-0.39, 0.29) is 18.4 Å². The number of rotatable bonds is 3. The summed E-state index contributed by atoms with van der Waals surface area (Å²) in [7, 11) is 0. The molecule has 0 aliphatic carbocycles. The molecule has 0 aromatic heterocycles. The molecule has 1 aromatic rings. The van der Waals surface area contributed by atoms with Crippen molar-refractivity contribution in [3.63, 3.8) is 0 Å². The van der Waals surface area contributed by atoms with Crippen molar-refractivity contribution in [3.05, 3.63) is 29.3 Å². The van der Waals surface area contributed by atoms with Gasteiger partial charge in [-0.15, -0.1) is 12.4 Å². The van der Waals surface area contributed by atoms with Crippen LogP contribution in [0.25, 0.3) is 0 Å². The summed E-state index contributed by atoms with van der Waals surface area (Å²) in [6, 6.07) is 5.92. The summed E-state index contributed by atoms with van der Waals surface area (Å²) in [6.45, 7) is 5.80. The second-order valence-corrected chi connectivity index (χ2v) is 5.46. The highest BCUT2D eigenvalue weighted by atomic mass is 35.5. The molecule has 1 heterocycles. The van der Waals surface area contributed by atoms with E-state index >= 15 is 0 Å². The Labute approximate surface area is 144 Å². The third-order valence-electron chi connectivity index (χ3n) is 3.87.